The topological polar surface area (TPSA) is 85.4 Å². The quantitative estimate of drug-likeness (QED) is 0.664. The van der Waals surface area contributed by atoms with Gasteiger partial charge in [-0.1, -0.05) is 0 Å². The van der Waals surface area contributed by atoms with Crippen LogP contribution in [0.3, 0.4) is 0 Å². The van der Waals surface area contributed by atoms with E-state index < -0.39 is 10.0 Å². The fourth-order valence-corrected chi connectivity index (χ4v) is 8.16. The number of H-pyrrole nitrogens is 1. The zero-order chi connectivity index (χ0) is 22.8. The molecule has 5 rings (SSSR count). The van der Waals surface area contributed by atoms with Crippen molar-refractivity contribution in [2.75, 3.05) is 50.4 Å². The highest BCUT2D eigenvalue weighted by Crippen LogP contribution is 2.33. The number of anilines is 1. The smallest absolute Gasteiger partial charge is 0.214 e. The van der Waals surface area contributed by atoms with Crippen LogP contribution in [0.25, 0.3) is 11.0 Å². The monoisotopic (exact) mass is 474 g/mol. The summed E-state index contributed by atoms with van der Waals surface area (Å²) in [5.41, 5.74) is 0.858. The molecule has 3 aliphatic rings. The summed E-state index contributed by atoms with van der Waals surface area (Å²) in [7, 11) is -1.08. The molecule has 2 aromatic heterocycles. The number of nitrogens with one attached hydrogen (secondary N) is 1. The van der Waals surface area contributed by atoms with E-state index in [2.05, 4.69) is 31.8 Å². The molecule has 1 atom stereocenters. The maximum Gasteiger partial charge on any atom is 0.214 e. The van der Waals surface area contributed by atoms with Crippen molar-refractivity contribution in [3.63, 3.8) is 0 Å². The maximum atomic E-state index is 13.3. The van der Waals surface area contributed by atoms with Crippen molar-refractivity contribution >= 4 is 26.9 Å². The van der Waals surface area contributed by atoms with Crippen molar-refractivity contribution in [2.24, 2.45) is 11.8 Å². The fourth-order valence-electron chi connectivity index (χ4n) is 6.17. The summed E-state index contributed by atoms with van der Waals surface area (Å²) in [6, 6.07) is 2.41. The zero-order valence-corrected chi connectivity index (χ0v) is 20.6. The number of nitrogens with zero attached hydrogens (tertiary/aromatic N) is 5. The van der Waals surface area contributed by atoms with Crippen LogP contribution in [0.15, 0.2) is 18.6 Å². The Labute approximate surface area is 197 Å². The van der Waals surface area contributed by atoms with Crippen molar-refractivity contribution in [3.05, 3.63) is 18.6 Å². The van der Waals surface area contributed by atoms with E-state index in [1.807, 2.05) is 16.6 Å². The van der Waals surface area contributed by atoms with E-state index in [1.54, 1.807) is 6.33 Å². The fraction of sp³-hybridized carbons (Fsp3) is 0.750. The molecule has 9 heteroatoms. The molecule has 33 heavy (non-hydrogen) atoms. The summed E-state index contributed by atoms with van der Waals surface area (Å²) < 4.78 is 28.4. The Morgan fingerprint density at radius 1 is 1.03 bits per heavy atom. The molecule has 182 valence electrons. The molecular formula is C24H38N6O2S. The van der Waals surface area contributed by atoms with Crippen molar-refractivity contribution in [1.29, 1.82) is 0 Å². The predicted molar refractivity (Wildman–Crippen MR) is 132 cm³/mol. The molecule has 0 aromatic carbocycles. The molecule has 2 saturated heterocycles. The second-order valence-electron chi connectivity index (χ2n) is 10.4. The van der Waals surface area contributed by atoms with Crippen LogP contribution in [0.4, 0.5) is 5.82 Å². The minimum atomic E-state index is -3.18. The third-order valence-electron chi connectivity index (χ3n) is 8.07. The van der Waals surface area contributed by atoms with E-state index >= 15 is 0 Å². The molecule has 8 nitrogen and oxygen atoms in total. The Hall–Kier alpha value is -1.71. The van der Waals surface area contributed by atoms with Gasteiger partial charge in [0.15, 0.2) is 0 Å². The van der Waals surface area contributed by atoms with Gasteiger partial charge >= 0.3 is 0 Å². The number of aromatic nitrogens is 3. The molecule has 2 aliphatic heterocycles. The largest absolute Gasteiger partial charge is 0.356 e. The van der Waals surface area contributed by atoms with E-state index in [0.29, 0.717) is 24.3 Å². The Morgan fingerprint density at radius 2 is 1.82 bits per heavy atom. The van der Waals surface area contributed by atoms with Gasteiger partial charge in [-0.3, -0.25) is 0 Å². The number of sulfonamides is 1. The molecule has 0 bridgehead atoms. The Balaban J connectivity index is 1.14. The molecule has 1 saturated carbocycles. The van der Waals surface area contributed by atoms with E-state index in [-0.39, 0.29) is 5.92 Å². The van der Waals surface area contributed by atoms with Crippen LogP contribution in [0.5, 0.6) is 0 Å². The van der Waals surface area contributed by atoms with Gasteiger partial charge in [0.2, 0.25) is 10.0 Å². The third kappa shape index (κ3) is 5.20. The Kier molecular flexibility index (Phi) is 6.90. The first-order valence-corrected chi connectivity index (χ1v) is 14.3. The van der Waals surface area contributed by atoms with Crippen LogP contribution in [-0.4, -0.2) is 84.1 Å². The molecule has 1 aliphatic carbocycles. The summed E-state index contributed by atoms with van der Waals surface area (Å²) in [5.74, 6) is 2.02. The van der Waals surface area contributed by atoms with Gasteiger partial charge in [0.1, 0.15) is 17.8 Å². The Bertz CT molecular complexity index is 1030. The van der Waals surface area contributed by atoms with Gasteiger partial charge in [-0.25, -0.2) is 22.7 Å². The highest BCUT2D eigenvalue weighted by molar-refractivity contribution is 7.89. The second kappa shape index (κ2) is 9.88. The summed E-state index contributed by atoms with van der Waals surface area (Å²) in [6.45, 7) is 4.87. The van der Waals surface area contributed by atoms with Crippen LogP contribution < -0.4 is 4.90 Å². The lowest BCUT2D eigenvalue weighted by molar-refractivity contribution is 0.199. The average Bonchev–Trinajstić information content (AvgIpc) is 3.51. The minimum Gasteiger partial charge on any atom is -0.356 e. The van der Waals surface area contributed by atoms with Crippen LogP contribution in [0.2, 0.25) is 0 Å². The second-order valence-corrected chi connectivity index (χ2v) is 12.4. The van der Waals surface area contributed by atoms with Crippen LogP contribution >= 0.6 is 0 Å². The molecule has 1 N–H and O–H groups in total. The molecule has 2 aromatic rings. The standard InChI is InChI=1S/C24H38N6O2S/c1-28(24-22-10-11-25-23(22)26-18-27-24)21-8-6-19(7-9-21)17-33(31,32)30-14-4-5-20(16-30)15-29-12-2-3-13-29/h10-11,18-21H,2-9,12-17H2,1H3,(H,25,26,27). The number of hydrogen-bond donors (Lipinski definition) is 1. The number of hydrogen-bond acceptors (Lipinski definition) is 6. The summed E-state index contributed by atoms with van der Waals surface area (Å²) >= 11 is 0. The van der Waals surface area contributed by atoms with Gasteiger partial charge in [0.05, 0.1) is 11.1 Å². The van der Waals surface area contributed by atoms with Crippen LogP contribution in [0.1, 0.15) is 51.4 Å². The molecule has 0 spiro atoms. The van der Waals surface area contributed by atoms with Gasteiger partial charge in [0, 0.05) is 38.9 Å². The lowest BCUT2D eigenvalue weighted by Gasteiger charge is -2.37. The normalized spacial score (nSPS) is 27.8. The van der Waals surface area contributed by atoms with Gasteiger partial charge < -0.3 is 14.8 Å². The van der Waals surface area contributed by atoms with Gasteiger partial charge in [-0.05, 0) is 82.4 Å². The van der Waals surface area contributed by atoms with Crippen LogP contribution in [0, 0.1) is 11.8 Å². The van der Waals surface area contributed by atoms with Gasteiger partial charge in [-0.15, -0.1) is 0 Å². The van der Waals surface area contributed by atoms with Crippen molar-refractivity contribution in [3.8, 4) is 0 Å². The number of rotatable bonds is 7. The van der Waals surface area contributed by atoms with Gasteiger partial charge in [-0.2, -0.15) is 0 Å². The molecule has 3 fully saturated rings. The average molecular weight is 475 g/mol. The number of piperidine rings is 1. The highest BCUT2D eigenvalue weighted by Gasteiger charge is 2.34. The molecule has 4 heterocycles. The third-order valence-corrected chi connectivity index (χ3v) is 10.1. The Morgan fingerprint density at radius 3 is 2.61 bits per heavy atom. The van der Waals surface area contributed by atoms with E-state index in [1.165, 1.54) is 25.9 Å². The first-order valence-electron chi connectivity index (χ1n) is 12.7. The van der Waals surface area contributed by atoms with E-state index in [9.17, 15) is 8.42 Å². The number of likely N-dealkylation sites (tertiary alicyclic amines) is 1. The highest BCUT2D eigenvalue weighted by atomic mass is 32.2. The van der Waals surface area contributed by atoms with Crippen LogP contribution in [-0.2, 0) is 10.0 Å². The van der Waals surface area contributed by atoms with Crippen molar-refractivity contribution in [2.45, 2.75) is 57.4 Å². The molecule has 0 amide bonds. The van der Waals surface area contributed by atoms with E-state index in [4.69, 9.17) is 0 Å². The molecular weight excluding hydrogens is 436 g/mol. The summed E-state index contributed by atoms with van der Waals surface area (Å²) in [4.78, 5) is 16.8. The molecule has 0 radical (unpaired) electrons. The lowest BCUT2D eigenvalue weighted by atomic mass is 9.86. The number of fused-ring (bicyclic) bond motifs is 1. The minimum absolute atomic E-state index is 0.260. The van der Waals surface area contributed by atoms with E-state index in [0.717, 1.165) is 68.5 Å². The number of aromatic amines is 1. The van der Waals surface area contributed by atoms with Crippen molar-refractivity contribution < 1.29 is 8.42 Å². The zero-order valence-electron chi connectivity index (χ0n) is 19.8. The maximum absolute atomic E-state index is 13.3. The van der Waals surface area contributed by atoms with Gasteiger partial charge in [0.25, 0.3) is 0 Å². The first-order chi connectivity index (χ1) is 16.0. The lowest BCUT2D eigenvalue weighted by Crippen LogP contribution is -2.45. The van der Waals surface area contributed by atoms with Crippen molar-refractivity contribution in [1.82, 2.24) is 24.2 Å². The SMILES string of the molecule is CN(c1ncnc2[nH]ccc12)C1CCC(CS(=O)(=O)N2CCCC(CN3CCCC3)C2)CC1. The predicted octanol–water partition coefficient (Wildman–Crippen LogP) is 3.09. The summed E-state index contributed by atoms with van der Waals surface area (Å²) in [6.07, 6.45) is 12.2. The first kappa shape index (κ1) is 23.1. The summed E-state index contributed by atoms with van der Waals surface area (Å²) in [5, 5.41) is 1.04. The molecule has 1 unspecified atom stereocenters.